The Balaban J connectivity index is 1.57. The van der Waals surface area contributed by atoms with E-state index in [-0.39, 0.29) is 64.1 Å². The van der Waals surface area contributed by atoms with E-state index in [1.54, 1.807) is 6.92 Å². The van der Waals surface area contributed by atoms with Crippen LogP contribution in [-0.4, -0.2) is 40.0 Å². The molecule has 0 bridgehead atoms. The van der Waals surface area contributed by atoms with E-state index in [0.29, 0.717) is 6.54 Å². The molecule has 192 valence electrons. The van der Waals surface area contributed by atoms with Crippen molar-refractivity contribution < 1.29 is 34.1 Å². The van der Waals surface area contributed by atoms with Crippen LogP contribution in [0.1, 0.15) is 54.2 Å². The van der Waals surface area contributed by atoms with Crippen molar-refractivity contribution in [1.82, 2.24) is 10.6 Å². The molecule has 1 aliphatic carbocycles. The molecule has 0 radical (unpaired) electrons. The van der Waals surface area contributed by atoms with E-state index in [2.05, 4.69) is 10.6 Å². The van der Waals surface area contributed by atoms with Crippen LogP contribution >= 0.6 is 0 Å². The molecule has 1 amide bonds. The van der Waals surface area contributed by atoms with Crippen LogP contribution < -0.4 is 15.4 Å². The minimum absolute atomic E-state index is 0.0293. The monoisotopic (exact) mass is 504 g/mol. The first kappa shape index (κ1) is 25.7. The van der Waals surface area contributed by atoms with Crippen molar-refractivity contribution in [3.63, 3.8) is 0 Å². The number of ether oxygens (including phenoxy) is 1. The zero-order chi connectivity index (χ0) is 27.1. The topological polar surface area (TPSA) is 142 Å². The fraction of sp³-hybridized carbons (Fsp3) is 0.286. The number of Topliss-reactive ketones (excluding diaryl/α,β-unsaturated/α-hetero) is 2. The van der Waals surface area contributed by atoms with E-state index in [1.807, 2.05) is 30.3 Å². The number of carbonyl (C=O) groups is 4. The highest BCUT2D eigenvalue weighted by Crippen LogP contribution is 2.57. The molecular weight excluding hydrogens is 476 g/mol. The number of phenols is 2. The predicted octanol–water partition coefficient (Wildman–Crippen LogP) is 2.86. The van der Waals surface area contributed by atoms with Gasteiger partial charge in [0.2, 0.25) is 5.91 Å². The summed E-state index contributed by atoms with van der Waals surface area (Å²) in [6.07, 6.45) is 1.27. The number of allylic oxidation sites excluding steroid dienone is 4. The van der Waals surface area contributed by atoms with Crippen molar-refractivity contribution in [1.29, 1.82) is 0 Å². The number of hydrogen-bond donors (Lipinski definition) is 4. The van der Waals surface area contributed by atoms with E-state index in [1.165, 1.54) is 20.8 Å². The largest absolute Gasteiger partial charge is 0.507 e. The Morgan fingerprint density at radius 2 is 1.70 bits per heavy atom. The van der Waals surface area contributed by atoms with E-state index in [9.17, 15) is 29.4 Å². The number of nitrogens with one attached hydrogen (secondary N) is 2. The van der Waals surface area contributed by atoms with Crippen molar-refractivity contribution >= 4 is 23.3 Å². The summed E-state index contributed by atoms with van der Waals surface area (Å²) in [7, 11) is 0. The molecule has 1 heterocycles. The van der Waals surface area contributed by atoms with E-state index < -0.39 is 28.5 Å². The molecule has 1 aliphatic heterocycles. The fourth-order valence-corrected chi connectivity index (χ4v) is 4.70. The summed E-state index contributed by atoms with van der Waals surface area (Å²) in [4.78, 5) is 51.2. The van der Waals surface area contributed by atoms with Crippen LogP contribution in [0.15, 0.2) is 53.4 Å². The molecule has 0 spiro atoms. The molecule has 2 aliphatic rings. The Morgan fingerprint density at radius 1 is 1.03 bits per heavy atom. The van der Waals surface area contributed by atoms with Crippen LogP contribution in [0, 0.1) is 6.92 Å². The molecule has 0 unspecified atom stereocenters. The number of benzene rings is 2. The van der Waals surface area contributed by atoms with Gasteiger partial charge in [0.25, 0.3) is 0 Å². The van der Waals surface area contributed by atoms with Gasteiger partial charge in [0.1, 0.15) is 34.0 Å². The first-order valence-electron chi connectivity index (χ1n) is 11.8. The fourth-order valence-electron chi connectivity index (χ4n) is 4.70. The third kappa shape index (κ3) is 4.26. The number of ketones is 3. The molecule has 9 heteroatoms. The van der Waals surface area contributed by atoms with Gasteiger partial charge >= 0.3 is 0 Å². The van der Waals surface area contributed by atoms with Gasteiger partial charge in [-0.1, -0.05) is 30.3 Å². The highest BCUT2D eigenvalue weighted by atomic mass is 16.5. The minimum Gasteiger partial charge on any atom is -0.507 e. The minimum atomic E-state index is -1.58. The molecule has 4 N–H and O–H groups in total. The SMILES string of the molecule is CC(=O)c1c(O)c(C)c(O)c2c1OC1=CC(=O)/C(=C(/C)NCCC(=O)NCc3ccccc3)C(=O)[C@@]12C. The number of fused-ring (bicyclic) bond motifs is 3. The Labute approximate surface area is 213 Å². The van der Waals surface area contributed by atoms with Gasteiger partial charge in [-0.15, -0.1) is 0 Å². The van der Waals surface area contributed by atoms with Gasteiger partial charge in [-0.3, -0.25) is 19.2 Å². The summed E-state index contributed by atoms with van der Waals surface area (Å²) < 4.78 is 5.75. The van der Waals surface area contributed by atoms with E-state index in [0.717, 1.165) is 11.6 Å². The molecule has 0 fully saturated rings. The van der Waals surface area contributed by atoms with Crippen molar-refractivity contribution in [2.75, 3.05) is 6.54 Å². The second-order valence-corrected chi connectivity index (χ2v) is 9.33. The van der Waals surface area contributed by atoms with Crippen LogP contribution in [0.3, 0.4) is 0 Å². The number of aromatic hydroxyl groups is 2. The molecule has 4 rings (SSSR count). The quantitative estimate of drug-likeness (QED) is 0.256. The average molecular weight is 505 g/mol. The number of hydrogen-bond acceptors (Lipinski definition) is 8. The second kappa shape index (κ2) is 9.57. The molecule has 0 saturated heterocycles. The summed E-state index contributed by atoms with van der Waals surface area (Å²) in [6.45, 7) is 6.30. The van der Waals surface area contributed by atoms with E-state index in [4.69, 9.17) is 4.74 Å². The molecule has 0 aromatic heterocycles. The van der Waals surface area contributed by atoms with Gasteiger partial charge < -0.3 is 25.6 Å². The predicted molar refractivity (Wildman–Crippen MR) is 134 cm³/mol. The van der Waals surface area contributed by atoms with Crippen LogP contribution in [-0.2, 0) is 26.3 Å². The third-order valence-electron chi connectivity index (χ3n) is 6.83. The molecule has 0 saturated carbocycles. The number of phenolic OH excluding ortho intramolecular Hbond substituents is 2. The van der Waals surface area contributed by atoms with Gasteiger partial charge in [-0.25, -0.2) is 0 Å². The summed E-state index contributed by atoms with van der Waals surface area (Å²) in [6, 6.07) is 9.47. The van der Waals surface area contributed by atoms with Crippen molar-refractivity contribution in [2.45, 2.75) is 46.1 Å². The second-order valence-electron chi connectivity index (χ2n) is 9.33. The molecule has 37 heavy (non-hydrogen) atoms. The first-order chi connectivity index (χ1) is 17.5. The highest BCUT2D eigenvalue weighted by Gasteiger charge is 2.56. The number of carbonyl (C=O) groups excluding carboxylic acids is 4. The van der Waals surface area contributed by atoms with Crippen molar-refractivity contribution in [3.8, 4) is 17.2 Å². The first-order valence-corrected chi connectivity index (χ1v) is 11.8. The lowest BCUT2D eigenvalue weighted by molar-refractivity contribution is -0.124. The Hall–Kier alpha value is -4.40. The third-order valence-corrected chi connectivity index (χ3v) is 6.83. The molecule has 9 nitrogen and oxygen atoms in total. The lowest BCUT2D eigenvalue weighted by Crippen LogP contribution is -2.41. The van der Waals surface area contributed by atoms with E-state index >= 15 is 0 Å². The molecule has 2 aromatic carbocycles. The molecule has 2 aromatic rings. The zero-order valence-electron chi connectivity index (χ0n) is 21.0. The smallest absolute Gasteiger partial charge is 0.222 e. The number of amides is 1. The van der Waals surface area contributed by atoms with Crippen LogP contribution in [0.25, 0.3) is 0 Å². The van der Waals surface area contributed by atoms with Gasteiger partial charge in [-0.2, -0.15) is 0 Å². The van der Waals surface area contributed by atoms with Gasteiger partial charge in [0, 0.05) is 36.8 Å². The summed E-state index contributed by atoms with van der Waals surface area (Å²) in [5.74, 6) is -2.93. The zero-order valence-corrected chi connectivity index (χ0v) is 21.0. The maximum atomic E-state index is 13.8. The maximum absolute atomic E-state index is 13.8. The van der Waals surface area contributed by atoms with Crippen LogP contribution in [0.5, 0.6) is 17.2 Å². The average Bonchev–Trinajstić information content (AvgIpc) is 3.14. The van der Waals surface area contributed by atoms with Gasteiger partial charge in [-0.05, 0) is 33.3 Å². The summed E-state index contributed by atoms with van der Waals surface area (Å²) >= 11 is 0. The highest BCUT2D eigenvalue weighted by molar-refractivity contribution is 6.31. The number of rotatable bonds is 7. The Morgan fingerprint density at radius 3 is 2.35 bits per heavy atom. The summed E-state index contributed by atoms with van der Waals surface area (Å²) in [5.41, 5.74) is -0.580. The van der Waals surface area contributed by atoms with Crippen LogP contribution in [0.4, 0.5) is 0 Å². The lowest BCUT2D eigenvalue weighted by atomic mass is 9.70. The normalized spacial score (nSPS) is 19.4. The Bertz CT molecular complexity index is 1410. The standard InChI is InChI=1S/C28H28N2O7/c1-14-24(34)22(16(3)31)26-23(25(14)35)28(4)19(37-26)12-18(32)21(27(28)36)15(2)29-11-10-20(33)30-13-17-8-6-5-7-9-17/h5-9,12,29,34-35H,10-11,13H2,1-4H3,(H,30,33)/b21-15+/t28-/m0/s1. The van der Waals surface area contributed by atoms with Crippen molar-refractivity contribution in [2.24, 2.45) is 0 Å². The van der Waals surface area contributed by atoms with Gasteiger partial charge in [0.05, 0.1) is 11.1 Å². The molecule has 1 atom stereocenters. The van der Waals surface area contributed by atoms with Crippen molar-refractivity contribution in [3.05, 3.63) is 75.7 Å². The molecular formula is C28H28N2O7. The Kier molecular flexibility index (Phi) is 6.64. The maximum Gasteiger partial charge on any atom is 0.222 e. The lowest BCUT2D eigenvalue weighted by Gasteiger charge is -2.29. The van der Waals surface area contributed by atoms with Gasteiger partial charge in [0.15, 0.2) is 17.3 Å². The van der Waals surface area contributed by atoms with Crippen LogP contribution in [0.2, 0.25) is 0 Å². The summed E-state index contributed by atoms with van der Waals surface area (Å²) in [5, 5.41) is 27.1.